The molecular formula is C12H17NO2S. The van der Waals surface area contributed by atoms with Crippen LogP contribution in [0.1, 0.15) is 36.6 Å². The summed E-state index contributed by atoms with van der Waals surface area (Å²) in [6, 6.07) is 1.95. The topological polar surface area (TPSA) is 63.3 Å². The molecule has 2 atom stereocenters. The minimum Gasteiger partial charge on any atom is -0.481 e. The smallest absolute Gasteiger partial charge is 0.304 e. The second kappa shape index (κ2) is 4.18. The minimum absolute atomic E-state index is 0.114. The molecule has 16 heavy (non-hydrogen) atoms. The van der Waals surface area contributed by atoms with Crippen molar-refractivity contribution < 1.29 is 9.90 Å². The number of carboxylic acid groups (broad SMARTS) is 1. The minimum atomic E-state index is -0.753. The summed E-state index contributed by atoms with van der Waals surface area (Å²) in [5.41, 5.74) is 6.90. The Bertz CT molecular complexity index is 399. The molecule has 0 saturated heterocycles. The van der Waals surface area contributed by atoms with Crippen LogP contribution in [0.15, 0.2) is 11.4 Å². The molecule has 2 unspecified atom stereocenters. The van der Waals surface area contributed by atoms with E-state index in [2.05, 4.69) is 11.4 Å². The molecule has 0 bridgehead atoms. The van der Waals surface area contributed by atoms with Crippen molar-refractivity contribution in [1.29, 1.82) is 0 Å². The first-order valence-electron chi connectivity index (χ1n) is 5.60. The Hall–Kier alpha value is -0.870. The number of aliphatic carboxylic acids is 1. The summed E-state index contributed by atoms with van der Waals surface area (Å²) < 4.78 is 0. The molecule has 1 aromatic rings. The number of hydrogen-bond donors (Lipinski definition) is 2. The molecule has 0 aromatic carbocycles. The SMILES string of the molecule is CC(N)C1(CC(=O)O)CCCc2sccc21. The van der Waals surface area contributed by atoms with E-state index in [-0.39, 0.29) is 17.9 Å². The fraction of sp³-hybridized carbons (Fsp3) is 0.583. The number of aryl methyl sites for hydroxylation is 1. The highest BCUT2D eigenvalue weighted by Gasteiger charge is 2.42. The van der Waals surface area contributed by atoms with Gasteiger partial charge in [-0.3, -0.25) is 4.79 Å². The van der Waals surface area contributed by atoms with Crippen molar-refractivity contribution in [2.24, 2.45) is 5.73 Å². The van der Waals surface area contributed by atoms with Gasteiger partial charge in [-0.25, -0.2) is 0 Å². The summed E-state index contributed by atoms with van der Waals surface area (Å²) in [7, 11) is 0. The van der Waals surface area contributed by atoms with Gasteiger partial charge in [0.1, 0.15) is 0 Å². The lowest BCUT2D eigenvalue weighted by Gasteiger charge is -2.39. The third-order valence-corrected chi connectivity index (χ3v) is 4.63. The third-order valence-electron chi connectivity index (χ3n) is 3.65. The van der Waals surface area contributed by atoms with Crippen LogP contribution in [0.25, 0.3) is 0 Å². The highest BCUT2D eigenvalue weighted by molar-refractivity contribution is 7.10. The number of nitrogens with two attached hydrogens (primary N) is 1. The fourth-order valence-corrected chi connectivity index (χ4v) is 3.79. The van der Waals surface area contributed by atoms with Gasteiger partial charge in [0, 0.05) is 16.3 Å². The van der Waals surface area contributed by atoms with Gasteiger partial charge < -0.3 is 10.8 Å². The summed E-state index contributed by atoms with van der Waals surface area (Å²) in [4.78, 5) is 12.4. The lowest BCUT2D eigenvalue weighted by molar-refractivity contribution is -0.138. The van der Waals surface area contributed by atoms with Gasteiger partial charge in [-0.05, 0) is 43.2 Å². The van der Waals surface area contributed by atoms with Crippen LogP contribution in [-0.2, 0) is 16.6 Å². The van der Waals surface area contributed by atoms with Gasteiger partial charge in [-0.1, -0.05) is 0 Å². The van der Waals surface area contributed by atoms with E-state index in [1.807, 2.05) is 6.92 Å². The van der Waals surface area contributed by atoms with Gasteiger partial charge in [0.15, 0.2) is 0 Å². The molecule has 4 heteroatoms. The van der Waals surface area contributed by atoms with E-state index < -0.39 is 5.97 Å². The monoisotopic (exact) mass is 239 g/mol. The maximum atomic E-state index is 11.1. The van der Waals surface area contributed by atoms with Crippen molar-refractivity contribution in [2.45, 2.75) is 44.1 Å². The molecule has 1 heterocycles. The molecule has 0 saturated carbocycles. The first-order chi connectivity index (χ1) is 7.56. The van der Waals surface area contributed by atoms with Crippen LogP contribution in [0.4, 0.5) is 0 Å². The van der Waals surface area contributed by atoms with E-state index in [9.17, 15) is 4.79 Å². The Kier molecular flexibility index (Phi) is 3.04. The number of rotatable bonds is 3. The number of fused-ring (bicyclic) bond motifs is 1. The molecule has 0 aliphatic heterocycles. The Morgan fingerprint density at radius 3 is 3.12 bits per heavy atom. The summed E-state index contributed by atoms with van der Waals surface area (Å²) in [5, 5.41) is 11.1. The van der Waals surface area contributed by atoms with Crippen LogP contribution >= 0.6 is 11.3 Å². The molecule has 1 aliphatic rings. The average molecular weight is 239 g/mol. The summed E-state index contributed by atoms with van der Waals surface area (Å²) in [6.07, 6.45) is 3.15. The van der Waals surface area contributed by atoms with E-state index in [0.29, 0.717) is 0 Å². The maximum Gasteiger partial charge on any atom is 0.304 e. The molecule has 1 aliphatic carbocycles. The van der Waals surface area contributed by atoms with E-state index in [1.165, 1.54) is 10.4 Å². The quantitative estimate of drug-likeness (QED) is 0.849. The Morgan fingerprint density at radius 2 is 2.50 bits per heavy atom. The number of hydrogen-bond acceptors (Lipinski definition) is 3. The third kappa shape index (κ3) is 1.76. The van der Waals surface area contributed by atoms with Crippen molar-refractivity contribution in [3.05, 3.63) is 21.9 Å². The van der Waals surface area contributed by atoms with E-state index in [4.69, 9.17) is 10.8 Å². The zero-order valence-corrected chi connectivity index (χ0v) is 10.2. The van der Waals surface area contributed by atoms with Crippen LogP contribution in [-0.4, -0.2) is 17.1 Å². The van der Waals surface area contributed by atoms with Crippen LogP contribution in [0.2, 0.25) is 0 Å². The summed E-state index contributed by atoms with van der Waals surface area (Å²) in [6.45, 7) is 1.93. The Balaban J connectivity index is 2.45. The van der Waals surface area contributed by atoms with E-state index in [0.717, 1.165) is 19.3 Å². The van der Waals surface area contributed by atoms with Gasteiger partial charge in [-0.2, -0.15) is 0 Å². The van der Waals surface area contributed by atoms with Crippen LogP contribution in [0.5, 0.6) is 0 Å². The first kappa shape index (κ1) is 11.6. The molecule has 0 fully saturated rings. The average Bonchev–Trinajstić information content (AvgIpc) is 2.65. The molecule has 0 radical (unpaired) electrons. The number of carboxylic acids is 1. The van der Waals surface area contributed by atoms with E-state index in [1.54, 1.807) is 11.3 Å². The van der Waals surface area contributed by atoms with Crippen molar-refractivity contribution in [3.63, 3.8) is 0 Å². The van der Waals surface area contributed by atoms with Crippen LogP contribution < -0.4 is 5.73 Å². The largest absolute Gasteiger partial charge is 0.481 e. The van der Waals surface area contributed by atoms with Crippen molar-refractivity contribution in [1.82, 2.24) is 0 Å². The Morgan fingerprint density at radius 1 is 1.75 bits per heavy atom. The normalized spacial score (nSPS) is 26.1. The maximum absolute atomic E-state index is 11.1. The van der Waals surface area contributed by atoms with Gasteiger partial charge in [0.2, 0.25) is 0 Å². The zero-order valence-electron chi connectivity index (χ0n) is 9.40. The highest BCUT2D eigenvalue weighted by atomic mass is 32.1. The summed E-state index contributed by atoms with van der Waals surface area (Å²) in [5.74, 6) is -0.753. The first-order valence-corrected chi connectivity index (χ1v) is 6.48. The van der Waals surface area contributed by atoms with Gasteiger partial charge in [0.25, 0.3) is 0 Å². The fourth-order valence-electron chi connectivity index (χ4n) is 2.76. The molecule has 0 spiro atoms. The molecular weight excluding hydrogens is 222 g/mol. The molecule has 1 aromatic heterocycles. The van der Waals surface area contributed by atoms with Gasteiger partial charge in [0.05, 0.1) is 6.42 Å². The number of thiophene rings is 1. The molecule has 2 rings (SSSR count). The highest BCUT2D eigenvalue weighted by Crippen LogP contribution is 2.44. The van der Waals surface area contributed by atoms with Gasteiger partial charge in [-0.15, -0.1) is 11.3 Å². The standard InChI is InChI=1S/C12H17NO2S/c1-8(13)12(7-11(14)15)5-2-3-10-9(12)4-6-16-10/h4,6,8H,2-3,5,7,13H2,1H3,(H,14,15). The second-order valence-electron chi connectivity index (χ2n) is 4.63. The van der Waals surface area contributed by atoms with Crippen molar-refractivity contribution in [2.75, 3.05) is 0 Å². The molecule has 3 N–H and O–H groups in total. The predicted octanol–water partition coefficient (Wildman–Crippen LogP) is 2.14. The zero-order chi connectivity index (χ0) is 11.8. The molecule has 0 amide bonds. The molecule has 3 nitrogen and oxygen atoms in total. The lowest BCUT2D eigenvalue weighted by Crippen LogP contribution is -2.46. The Labute approximate surface area is 99.3 Å². The van der Waals surface area contributed by atoms with Crippen LogP contribution in [0, 0.1) is 0 Å². The van der Waals surface area contributed by atoms with E-state index >= 15 is 0 Å². The van der Waals surface area contributed by atoms with Crippen molar-refractivity contribution >= 4 is 17.3 Å². The van der Waals surface area contributed by atoms with Crippen LogP contribution in [0.3, 0.4) is 0 Å². The predicted molar refractivity (Wildman–Crippen MR) is 64.8 cm³/mol. The summed E-state index contributed by atoms with van der Waals surface area (Å²) >= 11 is 1.72. The lowest BCUT2D eigenvalue weighted by atomic mass is 9.66. The van der Waals surface area contributed by atoms with Crippen molar-refractivity contribution in [3.8, 4) is 0 Å². The molecule has 88 valence electrons. The number of carbonyl (C=O) groups is 1. The second-order valence-corrected chi connectivity index (χ2v) is 5.63. The van der Waals surface area contributed by atoms with Gasteiger partial charge >= 0.3 is 5.97 Å².